The number of halogens is 3. The summed E-state index contributed by atoms with van der Waals surface area (Å²) < 4.78 is 5.75. The molecule has 0 aromatic heterocycles. The summed E-state index contributed by atoms with van der Waals surface area (Å²) in [6.07, 6.45) is -0.633. The summed E-state index contributed by atoms with van der Waals surface area (Å²) in [5.41, 5.74) is 2.23. The van der Waals surface area contributed by atoms with E-state index in [2.05, 4.69) is 5.32 Å². The predicted octanol–water partition coefficient (Wildman–Crippen LogP) is 6.21. The molecule has 1 atom stereocenters. The Kier molecular flexibility index (Phi) is 6.10. The number of nitrogens with one attached hydrogen (secondary N) is 1. The Hall–Kier alpha value is -2.73. The third-order valence-electron chi connectivity index (χ3n) is 4.89. The number of carbonyl (C=O) groups excluding carboxylic acids is 2. The molecule has 0 aliphatic carbocycles. The quantitative estimate of drug-likeness (QED) is 0.488. The lowest BCUT2D eigenvalue weighted by molar-refractivity contribution is -0.125. The molecule has 1 aliphatic heterocycles. The Morgan fingerprint density at radius 2 is 1.77 bits per heavy atom. The van der Waals surface area contributed by atoms with Gasteiger partial charge in [0.25, 0.3) is 11.8 Å². The van der Waals surface area contributed by atoms with Gasteiger partial charge in [-0.05, 0) is 55.0 Å². The van der Waals surface area contributed by atoms with E-state index in [0.29, 0.717) is 37.8 Å². The van der Waals surface area contributed by atoms with Crippen molar-refractivity contribution in [1.82, 2.24) is 0 Å². The Morgan fingerprint density at radius 3 is 2.52 bits per heavy atom. The molecule has 31 heavy (non-hydrogen) atoms. The van der Waals surface area contributed by atoms with E-state index in [9.17, 15) is 9.59 Å². The number of hydrogen-bond donors (Lipinski definition) is 1. The number of rotatable bonds is 4. The van der Waals surface area contributed by atoms with E-state index in [-0.39, 0.29) is 18.4 Å². The minimum atomic E-state index is -0.633. The number of hydrogen-bond acceptors (Lipinski definition) is 3. The molecule has 3 aromatic rings. The average molecular weight is 476 g/mol. The van der Waals surface area contributed by atoms with Gasteiger partial charge in [0.2, 0.25) is 0 Å². The Balaban J connectivity index is 1.64. The zero-order valence-corrected chi connectivity index (χ0v) is 18.6. The highest BCUT2D eigenvalue weighted by Gasteiger charge is 2.32. The third-order valence-corrected chi connectivity index (χ3v) is 6.00. The van der Waals surface area contributed by atoms with Gasteiger partial charge in [-0.15, -0.1) is 0 Å². The van der Waals surface area contributed by atoms with Gasteiger partial charge in [0, 0.05) is 16.3 Å². The summed E-state index contributed by atoms with van der Waals surface area (Å²) in [4.78, 5) is 27.1. The van der Waals surface area contributed by atoms with Crippen LogP contribution in [0.3, 0.4) is 0 Å². The zero-order valence-electron chi connectivity index (χ0n) is 16.4. The molecule has 3 aromatic carbocycles. The van der Waals surface area contributed by atoms with Gasteiger partial charge in [-0.2, -0.15) is 0 Å². The molecule has 0 saturated heterocycles. The summed E-state index contributed by atoms with van der Waals surface area (Å²) >= 11 is 18.2. The summed E-state index contributed by atoms with van der Waals surface area (Å²) in [7, 11) is 0. The van der Waals surface area contributed by atoms with Crippen molar-refractivity contribution in [3.8, 4) is 5.75 Å². The van der Waals surface area contributed by atoms with Gasteiger partial charge in [-0.3, -0.25) is 9.59 Å². The van der Waals surface area contributed by atoms with Crippen molar-refractivity contribution in [3.05, 3.63) is 86.9 Å². The number of fused-ring (bicyclic) bond motifs is 1. The van der Waals surface area contributed by atoms with Crippen LogP contribution in [0.25, 0.3) is 0 Å². The van der Waals surface area contributed by atoms with Crippen LogP contribution in [0.2, 0.25) is 15.1 Å². The summed E-state index contributed by atoms with van der Waals surface area (Å²) in [6, 6.07) is 17.1. The second-order valence-corrected chi connectivity index (χ2v) is 8.26. The van der Waals surface area contributed by atoms with Gasteiger partial charge >= 0.3 is 0 Å². The molecule has 0 spiro atoms. The summed E-state index contributed by atoms with van der Waals surface area (Å²) in [5.74, 6) is -0.000313. The van der Waals surface area contributed by atoms with Gasteiger partial charge < -0.3 is 15.0 Å². The molecule has 0 bridgehead atoms. The molecular formula is C23H17Cl3N2O3. The maximum Gasteiger partial charge on any atom is 0.268 e. The fourth-order valence-electron chi connectivity index (χ4n) is 3.29. The first-order chi connectivity index (χ1) is 14.8. The smallest absolute Gasteiger partial charge is 0.268 e. The first kappa shape index (κ1) is 21.5. The monoisotopic (exact) mass is 474 g/mol. The van der Waals surface area contributed by atoms with E-state index in [1.807, 2.05) is 18.2 Å². The lowest BCUT2D eigenvalue weighted by atomic mass is 10.1. The highest BCUT2D eigenvalue weighted by molar-refractivity contribution is 6.42. The largest absolute Gasteiger partial charge is 0.479 e. The second-order valence-electron chi connectivity index (χ2n) is 7.04. The predicted molar refractivity (Wildman–Crippen MR) is 124 cm³/mol. The maximum absolute atomic E-state index is 12.9. The Morgan fingerprint density at radius 1 is 1.00 bits per heavy atom. The lowest BCUT2D eigenvalue weighted by Crippen LogP contribution is -2.44. The number of ether oxygens (including phenoxy) is 1. The van der Waals surface area contributed by atoms with Crippen molar-refractivity contribution in [2.24, 2.45) is 0 Å². The van der Waals surface area contributed by atoms with Gasteiger partial charge in [0.05, 0.1) is 22.3 Å². The van der Waals surface area contributed by atoms with Crippen molar-refractivity contribution in [3.63, 3.8) is 0 Å². The van der Waals surface area contributed by atoms with Crippen molar-refractivity contribution >= 4 is 58.0 Å². The molecule has 0 saturated carbocycles. The maximum atomic E-state index is 12.9. The first-order valence-electron chi connectivity index (χ1n) is 9.45. The number of benzene rings is 3. The van der Waals surface area contributed by atoms with E-state index in [0.717, 1.165) is 5.56 Å². The number of anilines is 2. The van der Waals surface area contributed by atoms with E-state index in [1.54, 1.807) is 48.2 Å². The fraction of sp³-hybridized carbons (Fsp3) is 0.130. The molecule has 4 rings (SSSR count). The topological polar surface area (TPSA) is 58.6 Å². The molecule has 0 fully saturated rings. The van der Waals surface area contributed by atoms with E-state index in [1.165, 1.54) is 6.07 Å². The number of nitrogens with zero attached hydrogens (tertiary/aromatic N) is 1. The minimum absolute atomic E-state index is 0.194. The van der Waals surface area contributed by atoms with Gasteiger partial charge in [0.1, 0.15) is 5.75 Å². The molecule has 1 unspecified atom stereocenters. The van der Waals surface area contributed by atoms with Crippen LogP contribution in [-0.4, -0.2) is 17.9 Å². The normalized spacial score (nSPS) is 15.3. The second kappa shape index (κ2) is 8.79. The molecular weight excluding hydrogens is 459 g/mol. The van der Waals surface area contributed by atoms with Crippen molar-refractivity contribution in [1.29, 1.82) is 0 Å². The van der Waals surface area contributed by atoms with Crippen LogP contribution >= 0.6 is 34.8 Å². The first-order valence-corrected chi connectivity index (χ1v) is 10.6. The third kappa shape index (κ3) is 4.49. The Labute approximate surface area is 194 Å². The molecule has 2 amide bonds. The molecule has 0 radical (unpaired) electrons. The number of carbonyl (C=O) groups is 2. The standard InChI is InChI=1S/C23H17Cl3N2O3/c1-13-23(30)28(12-15-4-2-3-5-17(15)24)20-11-16(7-9-21(20)31-13)27-22(29)14-6-8-18(25)19(26)10-14/h2-11,13H,12H2,1H3,(H,27,29). The van der Waals surface area contributed by atoms with E-state index >= 15 is 0 Å². The summed E-state index contributed by atoms with van der Waals surface area (Å²) in [5, 5.41) is 4.04. The van der Waals surface area contributed by atoms with Crippen molar-refractivity contribution < 1.29 is 14.3 Å². The molecule has 158 valence electrons. The van der Waals surface area contributed by atoms with Gasteiger partial charge in [-0.25, -0.2) is 0 Å². The zero-order chi connectivity index (χ0) is 22.1. The highest BCUT2D eigenvalue weighted by atomic mass is 35.5. The Bertz CT molecular complexity index is 1180. The van der Waals surface area contributed by atoms with E-state index in [4.69, 9.17) is 39.5 Å². The average Bonchev–Trinajstić information content (AvgIpc) is 2.75. The van der Waals surface area contributed by atoms with Crippen LogP contribution in [-0.2, 0) is 11.3 Å². The van der Waals surface area contributed by atoms with Crippen molar-refractivity contribution in [2.45, 2.75) is 19.6 Å². The minimum Gasteiger partial charge on any atom is -0.479 e. The molecule has 1 heterocycles. The van der Waals surface area contributed by atoms with Crippen LogP contribution in [0.4, 0.5) is 11.4 Å². The molecule has 1 N–H and O–H groups in total. The summed E-state index contributed by atoms with van der Waals surface area (Å²) in [6.45, 7) is 1.98. The van der Waals surface area contributed by atoms with Crippen LogP contribution in [0.5, 0.6) is 5.75 Å². The fourth-order valence-corrected chi connectivity index (χ4v) is 3.78. The molecule has 8 heteroatoms. The van der Waals surface area contributed by atoms with Gasteiger partial charge in [-0.1, -0.05) is 53.0 Å². The van der Waals surface area contributed by atoms with Crippen LogP contribution in [0.1, 0.15) is 22.8 Å². The SMILES string of the molecule is CC1Oc2ccc(NC(=O)c3ccc(Cl)c(Cl)c3)cc2N(Cc2ccccc2Cl)C1=O. The van der Waals surface area contributed by atoms with Gasteiger partial charge in [0.15, 0.2) is 6.10 Å². The van der Waals surface area contributed by atoms with Crippen LogP contribution < -0.4 is 15.0 Å². The number of amides is 2. The molecule has 1 aliphatic rings. The highest BCUT2D eigenvalue weighted by Crippen LogP contribution is 2.38. The van der Waals surface area contributed by atoms with Crippen molar-refractivity contribution in [2.75, 3.05) is 10.2 Å². The van der Waals surface area contributed by atoms with E-state index < -0.39 is 6.10 Å². The van der Waals surface area contributed by atoms with Crippen LogP contribution in [0.15, 0.2) is 60.7 Å². The lowest BCUT2D eigenvalue weighted by Gasteiger charge is -2.33. The molecule has 5 nitrogen and oxygen atoms in total. The van der Waals surface area contributed by atoms with Crippen LogP contribution in [0, 0.1) is 0 Å².